The molecule has 2 aromatic rings. The highest BCUT2D eigenvalue weighted by Crippen LogP contribution is 2.32. The lowest BCUT2D eigenvalue weighted by atomic mass is 10.1. The number of amides is 1. The highest BCUT2D eigenvalue weighted by Gasteiger charge is 2.13. The molecule has 0 aromatic heterocycles. The molecule has 0 spiro atoms. The molecule has 1 amide bonds. The first-order valence-corrected chi connectivity index (χ1v) is 9.39. The number of hydrogen-bond donors (Lipinski definition) is 2. The highest BCUT2D eigenvalue weighted by molar-refractivity contribution is 5.94. The number of fused-ring (bicyclic) bond motifs is 1. The van der Waals surface area contributed by atoms with Crippen molar-refractivity contribution in [1.82, 2.24) is 0 Å². The maximum atomic E-state index is 12.3. The lowest BCUT2D eigenvalue weighted by molar-refractivity contribution is -0.114. The van der Waals surface area contributed by atoms with Crippen LogP contribution in [0.25, 0.3) is 0 Å². The Morgan fingerprint density at radius 2 is 1.78 bits per heavy atom. The molecule has 0 unspecified atom stereocenters. The van der Waals surface area contributed by atoms with Gasteiger partial charge in [0.1, 0.15) is 13.2 Å². The van der Waals surface area contributed by atoms with Crippen LogP contribution >= 0.6 is 0 Å². The van der Waals surface area contributed by atoms with Crippen LogP contribution in [0.2, 0.25) is 0 Å². The van der Waals surface area contributed by atoms with Gasteiger partial charge in [0.25, 0.3) is 0 Å². The minimum absolute atomic E-state index is 0.112. The first-order chi connectivity index (χ1) is 13.1. The molecule has 0 bridgehead atoms. The van der Waals surface area contributed by atoms with Crippen LogP contribution in [0.5, 0.6) is 11.5 Å². The molecule has 3 rings (SSSR count). The van der Waals surface area contributed by atoms with Crippen LogP contribution in [-0.4, -0.2) is 38.8 Å². The van der Waals surface area contributed by atoms with Crippen LogP contribution in [0.1, 0.15) is 19.4 Å². The Bertz CT molecular complexity index is 803. The number of nitrogens with zero attached hydrogens (tertiary/aromatic N) is 1. The third-order valence-electron chi connectivity index (χ3n) is 4.60. The summed E-state index contributed by atoms with van der Waals surface area (Å²) in [7, 11) is 0. The van der Waals surface area contributed by atoms with E-state index in [0.29, 0.717) is 30.4 Å². The monoisotopic (exact) mass is 369 g/mol. The topological polar surface area (TPSA) is 62.8 Å². The van der Waals surface area contributed by atoms with Gasteiger partial charge in [-0.1, -0.05) is 0 Å². The zero-order valence-electron chi connectivity index (χ0n) is 16.2. The second-order valence-corrected chi connectivity index (χ2v) is 6.43. The first-order valence-electron chi connectivity index (χ1n) is 9.39. The molecule has 0 radical (unpaired) electrons. The minimum Gasteiger partial charge on any atom is -0.486 e. The second-order valence-electron chi connectivity index (χ2n) is 6.43. The van der Waals surface area contributed by atoms with Crippen molar-refractivity contribution < 1.29 is 14.3 Å². The number of carbonyl (C=O) groups excluding carboxylic acids is 1. The van der Waals surface area contributed by atoms with E-state index >= 15 is 0 Å². The van der Waals surface area contributed by atoms with Gasteiger partial charge in [0.05, 0.1) is 6.54 Å². The molecular formula is C21H27N3O3. The van der Waals surface area contributed by atoms with Crippen LogP contribution in [0.15, 0.2) is 36.4 Å². The second kappa shape index (κ2) is 8.66. The zero-order chi connectivity index (χ0) is 19.2. The summed E-state index contributed by atoms with van der Waals surface area (Å²) in [5.41, 5.74) is 3.97. The number of aryl methyl sites for hydroxylation is 1. The summed E-state index contributed by atoms with van der Waals surface area (Å²) in [5.74, 6) is 1.26. The van der Waals surface area contributed by atoms with E-state index < -0.39 is 0 Å². The summed E-state index contributed by atoms with van der Waals surface area (Å²) in [5, 5.41) is 6.10. The van der Waals surface area contributed by atoms with Gasteiger partial charge < -0.3 is 25.0 Å². The van der Waals surface area contributed by atoms with Crippen molar-refractivity contribution in [3.8, 4) is 11.5 Å². The number of nitrogens with one attached hydrogen (secondary N) is 2. The Kier molecular flexibility index (Phi) is 6.06. The normalized spacial score (nSPS) is 12.4. The Hall–Kier alpha value is -2.89. The third kappa shape index (κ3) is 4.64. The van der Waals surface area contributed by atoms with Crippen LogP contribution < -0.4 is 25.0 Å². The fourth-order valence-corrected chi connectivity index (χ4v) is 3.13. The van der Waals surface area contributed by atoms with Crippen LogP contribution in [0, 0.1) is 6.92 Å². The van der Waals surface area contributed by atoms with E-state index in [0.717, 1.165) is 24.3 Å². The van der Waals surface area contributed by atoms with Gasteiger partial charge in [0, 0.05) is 36.2 Å². The Morgan fingerprint density at radius 3 is 2.48 bits per heavy atom. The van der Waals surface area contributed by atoms with Gasteiger partial charge >= 0.3 is 0 Å². The van der Waals surface area contributed by atoms with Gasteiger partial charge in [-0.3, -0.25) is 4.79 Å². The van der Waals surface area contributed by atoms with Crippen molar-refractivity contribution in [3.63, 3.8) is 0 Å². The van der Waals surface area contributed by atoms with E-state index in [-0.39, 0.29) is 12.5 Å². The van der Waals surface area contributed by atoms with Gasteiger partial charge in [0.15, 0.2) is 11.5 Å². The van der Waals surface area contributed by atoms with Crippen LogP contribution in [-0.2, 0) is 4.79 Å². The van der Waals surface area contributed by atoms with E-state index in [2.05, 4.69) is 41.5 Å². The van der Waals surface area contributed by atoms with Crippen LogP contribution in [0.3, 0.4) is 0 Å². The van der Waals surface area contributed by atoms with Crippen molar-refractivity contribution >= 4 is 23.0 Å². The molecule has 0 atom stereocenters. The number of benzene rings is 2. The van der Waals surface area contributed by atoms with E-state index in [1.54, 1.807) is 6.07 Å². The molecule has 2 aromatic carbocycles. The quantitative estimate of drug-likeness (QED) is 0.780. The van der Waals surface area contributed by atoms with Crippen molar-refractivity contribution in [3.05, 3.63) is 42.0 Å². The van der Waals surface area contributed by atoms with Crippen LogP contribution in [0.4, 0.5) is 17.1 Å². The smallest absolute Gasteiger partial charge is 0.243 e. The summed E-state index contributed by atoms with van der Waals surface area (Å²) < 4.78 is 11.0. The summed E-state index contributed by atoms with van der Waals surface area (Å²) in [6.07, 6.45) is 0. The molecule has 0 fully saturated rings. The summed E-state index contributed by atoms with van der Waals surface area (Å²) in [6.45, 7) is 9.55. The standard InChI is InChI=1S/C21H27N3O3/c1-4-24(5-2)17-7-8-18(15(3)12-17)22-14-21(25)23-16-6-9-19-20(13-16)27-11-10-26-19/h6-9,12-13,22H,4-5,10-11,14H2,1-3H3,(H,23,25). The molecule has 1 heterocycles. The molecule has 144 valence electrons. The van der Waals surface area contributed by atoms with Gasteiger partial charge in [-0.25, -0.2) is 0 Å². The summed E-state index contributed by atoms with van der Waals surface area (Å²) in [6, 6.07) is 11.7. The minimum atomic E-state index is -0.112. The average Bonchev–Trinajstić information content (AvgIpc) is 2.68. The van der Waals surface area contributed by atoms with E-state index in [4.69, 9.17) is 9.47 Å². The number of ether oxygens (including phenoxy) is 2. The zero-order valence-corrected chi connectivity index (χ0v) is 16.2. The van der Waals surface area contributed by atoms with Crippen molar-refractivity contribution in [2.45, 2.75) is 20.8 Å². The number of hydrogen-bond acceptors (Lipinski definition) is 5. The molecule has 0 saturated carbocycles. The number of carbonyl (C=O) groups is 1. The molecule has 2 N–H and O–H groups in total. The molecule has 6 nitrogen and oxygen atoms in total. The van der Waals surface area contributed by atoms with Gasteiger partial charge in [0.2, 0.25) is 5.91 Å². The molecule has 6 heteroatoms. The average molecular weight is 369 g/mol. The summed E-state index contributed by atoms with van der Waals surface area (Å²) in [4.78, 5) is 14.6. The molecule has 0 saturated heterocycles. The molecule has 1 aliphatic rings. The molecule has 0 aliphatic carbocycles. The van der Waals surface area contributed by atoms with Crippen molar-refractivity contribution in [2.75, 3.05) is 48.4 Å². The maximum absolute atomic E-state index is 12.3. The lowest BCUT2D eigenvalue weighted by Crippen LogP contribution is -2.23. The SMILES string of the molecule is CCN(CC)c1ccc(NCC(=O)Nc2ccc3c(c2)OCCO3)c(C)c1. The highest BCUT2D eigenvalue weighted by atomic mass is 16.6. The van der Waals surface area contributed by atoms with E-state index in [1.165, 1.54) is 5.69 Å². The Labute approximate surface area is 160 Å². The lowest BCUT2D eigenvalue weighted by Gasteiger charge is -2.22. The Balaban J connectivity index is 1.57. The van der Waals surface area contributed by atoms with E-state index in [9.17, 15) is 4.79 Å². The Morgan fingerprint density at radius 1 is 1.04 bits per heavy atom. The van der Waals surface area contributed by atoms with Crippen molar-refractivity contribution in [1.29, 1.82) is 0 Å². The largest absolute Gasteiger partial charge is 0.486 e. The molecular weight excluding hydrogens is 342 g/mol. The number of anilines is 3. The number of rotatable bonds is 7. The van der Waals surface area contributed by atoms with Gasteiger partial charge in [-0.05, 0) is 56.7 Å². The molecule has 27 heavy (non-hydrogen) atoms. The third-order valence-corrected chi connectivity index (χ3v) is 4.60. The first kappa shape index (κ1) is 18.9. The molecule has 1 aliphatic heterocycles. The van der Waals surface area contributed by atoms with E-state index in [1.807, 2.05) is 25.1 Å². The predicted octanol–water partition coefficient (Wildman–Crippen LogP) is 3.66. The fraction of sp³-hybridized carbons (Fsp3) is 0.381. The predicted molar refractivity (Wildman–Crippen MR) is 109 cm³/mol. The maximum Gasteiger partial charge on any atom is 0.243 e. The van der Waals surface area contributed by atoms with Gasteiger partial charge in [-0.15, -0.1) is 0 Å². The van der Waals surface area contributed by atoms with Gasteiger partial charge in [-0.2, -0.15) is 0 Å². The summed E-state index contributed by atoms with van der Waals surface area (Å²) >= 11 is 0. The fourth-order valence-electron chi connectivity index (χ4n) is 3.13. The van der Waals surface area contributed by atoms with Crippen molar-refractivity contribution in [2.24, 2.45) is 0 Å².